The molecule has 150 valence electrons. The highest BCUT2D eigenvalue weighted by Gasteiger charge is 2.43. The van der Waals surface area contributed by atoms with Gasteiger partial charge in [-0.1, -0.05) is 48.5 Å². The summed E-state index contributed by atoms with van der Waals surface area (Å²) in [5.41, 5.74) is 0.942. The molecule has 1 aliphatic rings. The van der Waals surface area contributed by atoms with Crippen molar-refractivity contribution in [1.82, 2.24) is 10.2 Å². The fourth-order valence-electron chi connectivity index (χ4n) is 3.44. The fraction of sp³-hybridized carbons (Fsp3) is 0.409. The lowest BCUT2D eigenvalue weighted by molar-refractivity contribution is -0.138. The standard InChI is InChI=1S/C22H26F2N2O2/c1-17(18-8-4-2-5-9-18)25-21(27)20-16-22(23,24)12-13-26(20)14-15-28-19-10-6-3-7-11-19/h2-11,17,20H,12-16H2,1H3,(H,25,27)/t17?,20-/m1/s1. The van der Waals surface area contributed by atoms with E-state index in [1.54, 1.807) is 4.90 Å². The largest absolute Gasteiger partial charge is 0.492 e. The Kier molecular flexibility index (Phi) is 6.62. The van der Waals surface area contributed by atoms with Crippen LogP contribution in [-0.2, 0) is 4.79 Å². The van der Waals surface area contributed by atoms with Crippen molar-refractivity contribution in [2.24, 2.45) is 0 Å². The van der Waals surface area contributed by atoms with Crippen LogP contribution in [0.15, 0.2) is 60.7 Å². The zero-order valence-electron chi connectivity index (χ0n) is 16.0. The Balaban J connectivity index is 1.61. The number of piperidine rings is 1. The van der Waals surface area contributed by atoms with Gasteiger partial charge in [0.1, 0.15) is 12.4 Å². The lowest BCUT2D eigenvalue weighted by Crippen LogP contribution is -2.55. The number of halogens is 2. The Morgan fingerprint density at radius 2 is 1.82 bits per heavy atom. The average molecular weight is 388 g/mol. The highest BCUT2D eigenvalue weighted by Crippen LogP contribution is 2.32. The van der Waals surface area contributed by atoms with Gasteiger partial charge in [-0.2, -0.15) is 0 Å². The van der Waals surface area contributed by atoms with E-state index >= 15 is 0 Å². The van der Waals surface area contributed by atoms with Gasteiger partial charge in [0.05, 0.1) is 12.1 Å². The Labute approximate surface area is 164 Å². The molecule has 0 radical (unpaired) electrons. The number of hydrogen-bond acceptors (Lipinski definition) is 3. The molecule has 1 amide bonds. The number of benzene rings is 2. The van der Waals surface area contributed by atoms with Crippen molar-refractivity contribution in [3.05, 3.63) is 66.2 Å². The third kappa shape index (κ3) is 5.52. The number of carbonyl (C=O) groups excluding carboxylic acids is 1. The second-order valence-electron chi connectivity index (χ2n) is 7.16. The van der Waals surface area contributed by atoms with Crippen LogP contribution in [0.3, 0.4) is 0 Å². The van der Waals surface area contributed by atoms with Crippen molar-refractivity contribution in [2.75, 3.05) is 19.7 Å². The van der Waals surface area contributed by atoms with Gasteiger partial charge in [0.15, 0.2) is 0 Å². The lowest BCUT2D eigenvalue weighted by Gasteiger charge is -2.38. The van der Waals surface area contributed by atoms with Crippen LogP contribution >= 0.6 is 0 Å². The Hall–Kier alpha value is -2.47. The molecule has 1 heterocycles. The molecule has 3 rings (SSSR count). The van der Waals surface area contributed by atoms with Crippen LogP contribution in [-0.4, -0.2) is 42.5 Å². The van der Waals surface area contributed by atoms with Crippen LogP contribution in [0.4, 0.5) is 8.78 Å². The Morgan fingerprint density at radius 3 is 2.50 bits per heavy atom. The predicted molar refractivity (Wildman–Crippen MR) is 104 cm³/mol. The molecule has 0 aromatic heterocycles. The van der Waals surface area contributed by atoms with Gasteiger partial charge in [0.25, 0.3) is 5.92 Å². The molecule has 0 saturated carbocycles. The van der Waals surface area contributed by atoms with Crippen LogP contribution in [0.5, 0.6) is 5.75 Å². The van der Waals surface area contributed by atoms with Gasteiger partial charge in [0.2, 0.25) is 5.91 Å². The molecular weight excluding hydrogens is 362 g/mol. The second kappa shape index (κ2) is 9.15. The van der Waals surface area contributed by atoms with Gasteiger partial charge in [-0.15, -0.1) is 0 Å². The molecule has 0 spiro atoms. The van der Waals surface area contributed by atoms with Crippen LogP contribution < -0.4 is 10.1 Å². The number of alkyl halides is 2. The molecule has 2 atom stereocenters. The monoisotopic (exact) mass is 388 g/mol. The summed E-state index contributed by atoms with van der Waals surface area (Å²) < 4.78 is 33.7. The minimum atomic E-state index is -2.82. The topological polar surface area (TPSA) is 41.6 Å². The molecule has 6 heteroatoms. The number of rotatable bonds is 7. The van der Waals surface area contributed by atoms with E-state index in [-0.39, 0.29) is 24.9 Å². The minimum Gasteiger partial charge on any atom is -0.492 e. The number of nitrogens with zero attached hydrogens (tertiary/aromatic N) is 1. The fourth-order valence-corrected chi connectivity index (χ4v) is 3.44. The zero-order chi connectivity index (χ0) is 20.0. The van der Waals surface area contributed by atoms with Gasteiger partial charge < -0.3 is 10.1 Å². The van der Waals surface area contributed by atoms with E-state index in [0.717, 1.165) is 11.3 Å². The normalized spacial score (nSPS) is 20.3. The molecular formula is C22H26F2N2O2. The van der Waals surface area contributed by atoms with Gasteiger partial charge in [-0.3, -0.25) is 9.69 Å². The summed E-state index contributed by atoms with van der Waals surface area (Å²) in [7, 11) is 0. The van der Waals surface area contributed by atoms with Crippen LogP contribution in [0.2, 0.25) is 0 Å². The van der Waals surface area contributed by atoms with Gasteiger partial charge in [-0.25, -0.2) is 8.78 Å². The van der Waals surface area contributed by atoms with E-state index in [4.69, 9.17) is 4.74 Å². The van der Waals surface area contributed by atoms with Crippen LogP contribution in [0.25, 0.3) is 0 Å². The number of nitrogens with one attached hydrogen (secondary N) is 1. The second-order valence-corrected chi connectivity index (χ2v) is 7.16. The number of likely N-dealkylation sites (tertiary alicyclic amines) is 1. The number of carbonyl (C=O) groups is 1. The van der Waals surface area contributed by atoms with E-state index in [1.807, 2.05) is 67.6 Å². The first-order chi connectivity index (χ1) is 13.4. The Bertz CT molecular complexity index is 756. The van der Waals surface area contributed by atoms with E-state index in [9.17, 15) is 13.6 Å². The van der Waals surface area contributed by atoms with Gasteiger partial charge in [0, 0.05) is 25.9 Å². The third-order valence-electron chi connectivity index (χ3n) is 5.05. The maximum absolute atomic E-state index is 14.0. The van der Waals surface area contributed by atoms with Crippen LogP contribution in [0, 0.1) is 0 Å². The summed E-state index contributed by atoms with van der Waals surface area (Å²) in [5.74, 6) is -2.46. The molecule has 1 N–H and O–H groups in total. The molecule has 4 nitrogen and oxygen atoms in total. The number of amides is 1. The highest BCUT2D eigenvalue weighted by atomic mass is 19.3. The maximum atomic E-state index is 14.0. The molecule has 28 heavy (non-hydrogen) atoms. The summed E-state index contributed by atoms with van der Waals surface area (Å²) in [5, 5.41) is 2.89. The number of para-hydroxylation sites is 1. The predicted octanol–water partition coefficient (Wildman–Crippen LogP) is 4.04. The molecule has 1 aliphatic heterocycles. The molecule has 1 unspecified atom stereocenters. The van der Waals surface area contributed by atoms with Crippen LogP contribution in [0.1, 0.15) is 31.4 Å². The van der Waals surface area contributed by atoms with Crippen molar-refractivity contribution in [3.63, 3.8) is 0 Å². The van der Waals surface area contributed by atoms with E-state index in [2.05, 4.69) is 5.32 Å². The maximum Gasteiger partial charge on any atom is 0.251 e. The molecule has 1 saturated heterocycles. The molecule has 2 aromatic rings. The average Bonchev–Trinajstić information content (AvgIpc) is 2.70. The van der Waals surface area contributed by atoms with E-state index in [1.165, 1.54) is 0 Å². The van der Waals surface area contributed by atoms with E-state index in [0.29, 0.717) is 13.2 Å². The van der Waals surface area contributed by atoms with Crippen molar-refractivity contribution >= 4 is 5.91 Å². The SMILES string of the molecule is CC(NC(=O)[C@H]1CC(F)(F)CCN1CCOc1ccccc1)c1ccccc1. The summed E-state index contributed by atoms with van der Waals surface area (Å²) in [6.07, 6.45) is -0.706. The van der Waals surface area contributed by atoms with Gasteiger partial charge in [-0.05, 0) is 24.6 Å². The molecule has 2 aromatic carbocycles. The van der Waals surface area contributed by atoms with Gasteiger partial charge >= 0.3 is 0 Å². The van der Waals surface area contributed by atoms with Crippen molar-refractivity contribution in [3.8, 4) is 5.75 Å². The van der Waals surface area contributed by atoms with Crippen molar-refractivity contribution in [1.29, 1.82) is 0 Å². The molecule has 1 fully saturated rings. The molecule has 0 aliphatic carbocycles. The Morgan fingerprint density at radius 1 is 1.18 bits per heavy atom. The van der Waals surface area contributed by atoms with Crippen molar-refractivity contribution in [2.45, 2.75) is 37.8 Å². The third-order valence-corrected chi connectivity index (χ3v) is 5.05. The summed E-state index contributed by atoms with van der Waals surface area (Å²) >= 11 is 0. The first-order valence-electron chi connectivity index (χ1n) is 9.60. The van der Waals surface area contributed by atoms with Crippen molar-refractivity contribution < 1.29 is 18.3 Å². The summed E-state index contributed by atoms with van der Waals surface area (Å²) in [6.45, 7) is 2.79. The summed E-state index contributed by atoms with van der Waals surface area (Å²) in [4.78, 5) is 14.6. The summed E-state index contributed by atoms with van der Waals surface area (Å²) in [6, 6.07) is 17.7. The first-order valence-corrected chi connectivity index (χ1v) is 9.60. The lowest BCUT2D eigenvalue weighted by atomic mass is 9.97. The smallest absolute Gasteiger partial charge is 0.251 e. The number of hydrogen-bond donors (Lipinski definition) is 1. The highest BCUT2D eigenvalue weighted by molar-refractivity contribution is 5.82. The zero-order valence-corrected chi connectivity index (χ0v) is 16.0. The van der Waals surface area contributed by atoms with E-state index < -0.39 is 18.4 Å². The molecule has 0 bridgehead atoms. The first kappa shape index (κ1) is 20.3. The quantitative estimate of drug-likeness (QED) is 0.778. The number of ether oxygens (including phenoxy) is 1. The minimum absolute atomic E-state index is 0.170.